The zero-order valence-electron chi connectivity index (χ0n) is 9.03. The molecule has 15 heavy (non-hydrogen) atoms. The summed E-state index contributed by atoms with van der Waals surface area (Å²) in [5.41, 5.74) is 9.36. The van der Waals surface area contributed by atoms with Crippen LogP contribution in [-0.4, -0.2) is 6.61 Å². The van der Waals surface area contributed by atoms with Crippen LogP contribution in [0.5, 0.6) is 5.75 Å². The summed E-state index contributed by atoms with van der Waals surface area (Å²) in [5.74, 6) is 0.831. The van der Waals surface area contributed by atoms with Gasteiger partial charge < -0.3 is 10.5 Å². The molecule has 0 spiro atoms. The first-order valence-electron chi connectivity index (χ1n) is 4.87. The van der Waals surface area contributed by atoms with Gasteiger partial charge in [0.2, 0.25) is 0 Å². The third-order valence-corrected chi connectivity index (χ3v) is 2.43. The van der Waals surface area contributed by atoms with Gasteiger partial charge in [0.1, 0.15) is 12.4 Å². The first-order valence-corrected chi connectivity index (χ1v) is 5.31. The van der Waals surface area contributed by atoms with E-state index in [1.807, 2.05) is 38.1 Å². The van der Waals surface area contributed by atoms with Crippen LogP contribution in [0.1, 0.15) is 25.5 Å². The topological polar surface area (TPSA) is 35.2 Å². The maximum Gasteiger partial charge on any atom is 0.119 e. The van der Waals surface area contributed by atoms with Crippen molar-refractivity contribution in [3.8, 4) is 5.75 Å². The van der Waals surface area contributed by atoms with Crippen LogP contribution in [0.3, 0.4) is 0 Å². The molecule has 0 aliphatic heterocycles. The second-order valence-electron chi connectivity index (χ2n) is 3.60. The summed E-state index contributed by atoms with van der Waals surface area (Å²) < 4.78 is 5.50. The molecule has 2 nitrogen and oxygen atoms in total. The minimum atomic E-state index is 0.0588. The molecule has 0 fully saturated rings. The number of hydrogen-bond acceptors (Lipinski definition) is 2. The van der Waals surface area contributed by atoms with Crippen LogP contribution in [0, 0.1) is 0 Å². The Morgan fingerprint density at radius 1 is 1.47 bits per heavy atom. The van der Waals surface area contributed by atoms with Crippen molar-refractivity contribution in [1.82, 2.24) is 0 Å². The van der Waals surface area contributed by atoms with E-state index in [1.54, 1.807) is 0 Å². The molecule has 0 heterocycles. The molecule has 1 aromatic rings. The lowest BCUT2D eigenvalue weighted by molar-refractivity contribution is 0.352. The first-order chi connectivity index (χ1) is 7.13. The van der Waals surface area contributed by atoms with Crippen molar-refractivity contribution in [2.24, 2.45) is 5.73 Å². The van der Waals surface area contributed by atoms with Crippen molar-refractivity contribution in [2.75, 3.05) is 6.61 Å². The molecule has 0 radical (unpaired) electrons. The fourth-order valence-corrected chi connectivity index (χ4v) is 1.16. The number of halogens is 1. The van der Waals surface area contributed by atoms with Gasteiger partial charge in [-0.05, 0) is 37.1 Å². The van der Waals surface area contributed by atoms with Crippen molar-refractivity contribution >= 4 is 11.6 Å². The van der Waals surface area contributed by atoms with Gasteiger partial charge in [-0.1, -0.05) is 23.7 Å². The van der Waals surface area contributed by atoms with Gasteiger partial charge in [0.25, 0.3) is 0 Å². The number of hydrogen-bond donors (Lipinski definition) is 1. The third-order valence-electron chi connectivity index (χ3n) is 2.06. The van der Waals surface area contributed by atoms with Gasteiger partial charge >= 0.3 is 0 Å². The average Bonchev–Trinajstić information content (AvgIpc) is 2.26. The molecule has 0 saturated carbocycles. The molecular weight excluding hydrogens is 210 g/mol. The maximum absolute atomic E-state index is 5.74. The zero-order valence-corrected chi connectivity index (χ0v) is 9.79. The van der Waals surface area contributed by atoms with Crippen molar-refractivity contribution in [2.45, 2.75) is 19.9 Å². The smallest absolute Gasteiger partial charge is 0.119 e. The number of rotatable bonds is 4. The fourth-order valence-electron chi connectivity index (χ4n) is 1.10. The monoisotopic (exact) mass is 225 g/mol. The van der Waals surface area contributed by atoms with E-state index in [1.165, 1.54) is 5.54 Å². The van der Waals surface area contributed by atoms with Crippen LogP contribution >= 0.6 is 11.6 Å². The molecule has 0 amide bonds. The van der Waals surface area contributed by atoms with E-state index in [-0.39, 0.29) is 6.04 Å². The van der Waals surface area contributed by atoms with Crippen molar-refractivity contribution in [3.63, 3.8) is 0 Å². The molecule has 0 saturated heterocycles. The molecule has 1 aromatic carbocycles. The van der Waals surface area contributed by atoms with Gasteiger partial charge in [-0.15, -0.1) is 0 Å². The van der Waals surface area contributed by atoms with Crippen molar-refractivity contribution < 1.29 is 4.74 Å². The van der Waals surface area contributed by atoms with E-state index in [0.717, 1.165) is 16.9 Å². The van der Waals surface area contributed by atoms with E-state index in [2.05, 4.69) is 0 Å². The molecule has 0 aliphatic rings. The Morgan fingerprint density at radius 3 is 2.53 bits per heavy atom. The standard InChI is InChI=1S/C12H16ClNO/c1-9(7-13)8-15-12-5-3-11(4-6-12)10(2)14/h3-7,10H,8,14H2,1-2H3/b9-7+/t10-/m0/s1. The van der Waals surface area contributed by atoms with Crippen LogP contribution in [0.25, 0.3) is 0 Å². The molecular formula is C12H16ClNO. The van der Waals surface area contributed by atoms with E-state index in [4.69, 9.17) is 22.1 Å². The quantitative estimate of drug-likeness (QED) is 0.854. The largest absolute Gasteiger partial charge is 0.489 e. The zero-order chi connectivity index (χ0) is 11.3. The van der Waals surface area contributed by atoms with Crippen LogP contribution in [0.2, 0.25) is 0 Å². The minimum absolute atomic E-state index is 0.0588. The molecule has 0 bridgehead atoms. The molecule has 1 rings (SSSR count). The summed E-state index contributed by atoms with van der Waals surface area (Å²) in [4.78, 5) is 0. The second-order valence-corrected chi connectivity index (χ2v) is 3.82. The van der Waals surface area contributed by atoms with Gasteiger partial charge in [0, 0.05) is 11.6 Å². The maximum atomic E-state index is 5.74. The molecule has 0 unspecified atom stereocenters. The highest BCUT2D eigenvalue weighted by Gasteiger charge is 1.99. The summed E-state index contributed by atoms with van der Waals surface area (Å²) in [6.07, 6.45) is 0. The minimum Gasteiger partial charge on any atom is -0.489 e. The van der Waals surface area contributed by atoms with Gasteiger partial charge in [-0.2, -0.15) is 0 Å². The number of benzene rings is 1. The average molecular weight is 226 g/mol. The van der Waals surface area contributed by atoms with Crippen LogP contribution < -0.4 is 10.5 Å². The van der Waals surface area contributed by atoms with E-state index in [0.29, 0.717) is 6.61 Å². The SMILES string of the molecule is C/C(=C\Cl)COc1ccc([C@H](C)N)cc1. The third kappa shape index (κ3) is 3.94. The lowest BCUT2D eigenvalue weighted by Gasteiger charge is -2.08. The van der Waals surface area contributed by atoms with Gasteiger partial charge in [-0.25, -0.2) is 0 Å². The Labute approximate surface area is 95.7 Å². The normalized spacial score (nSPS) is 13.7. The Kier molecular flexibility index (Phi) is 4.66. The molecule has 1 atom stereocenters. The predicted octanol–water partition coefficient (Wildman–Crippen LogP) is 3.23. The molecule has 3 heteroatoms. The molecule has 0 aliphatic carbocycles. The first kappa shape index (κ1) is 12.1. The summed E-state index contributed by atoms with van der Waals surface area (Å²) in [7, 11) is 0. The summed E-state index contributed by atoms with van der Waals surface area (Å²) >= 11 is 5.53. The Balaban J connectivity index is 2.57. The summed E-state index contributed by atoms with van der Waals surface area (Å²) in [6.45, 7) is 4.39. The highest BCUT2D eigenvalue weighted by molar-refractivity contribution is 6.25. The highest BCUT2D eigenvalue weighted by atomic mass is 35.5. The van der Waals surface area contributed by atoms with Crippen LogP contribution in [0.15, 0.2) is 35.4 Å². The van der Waals surface area contributed by atoms with Gasteiger partial charge in [-0.3, -0.25) is 0 Å². The molecule has 82 valence electrons. The Morgan fingerprint density at radius 2 is 2.07 bits per heavy atom. The van der Waals surface area contributed by atoms with Gasteiger partial charge in [0.15, 0.2) is 0 Å². The predicted molar refractivity (Wildman–Crippen MR) is 64.1 cm³/mol. The second kappa shape index (κ2) is 5.79. The van der Waals surface area contributed by atoms with E-state index >= 15 is 0 Å². The summed E-state index contributed by atoms with van der Waals surface area (Å²) in [6, 6.07) is 7.84. The van der Waals surface area contributed by atoms with Crippen LogP contribution in [-0.2, 0) is 0 Å². The lowest BCUT2D eigenvalue weighted by Crippen LogP contribution is -2.04. The molecule has 0 aromatic heterocycles. The lowest BCUT2D eigenvalue weighted by atomic mass is 10.1. The fraction of sp³-hybridized carbons (Fsp3) is 0.333. The Hall–Kier alpha value is -0.990. The Bertz CT molecular complexity index is 330. The van der Waals surface area contributed by atoms with E-state index < -0.39 is 0 Å². The highest BCUT2D eigenvalue weighted by Crippen LogP contribution is 2.16. The van der Waals surface area contributed by atoms with Crippen molar-refractivity contribution in [3.05, 3.63) is 40.9 Å². The van der Waals surface area contributed by atoms with Crippen molar-refractivity contribution in [1.29, 1.82) is 0 Å². The number of ether oxygens (including phenoxy) is 1. The van der Waals surface area contributed by atoms with E-state index in [9.17, 15) is 0 Å². The summed E-state index contributed by atoms with van der Waals surface area (Å²) in [5, 5.41) is 0. The van der Waals surface area contributed by atoms with Crippen LogP contribution in [0.4, 0.5) is 0 Å². The molecule has 2 N–H and O–H groups in total. The number of nitrogens with two attached hydrogens (primary N) is 1. The van der Waals surface area contributed by atoms with Gasteiger partial charge in [0.05, 0.1) is 0 Å².